The van der Waals surface area contributed by atoms with Crippen LogP contribution in [0.4, 0.5) is 10.1 Å². The molecule has 0 atom stereocenters. The van der Waals surface area contributed by atoms with E-state index in [1.807, 2.05) is 27.3 Å². The summed E-state index contributed by atoms with van der Waals surface area (Å²) in [5.41, 5.74) is 0.577. The quantitative estimate of drug-likeness (QED) is 0.923. The number of piperazine rings is 1. The average Bonchev–Trinajstić information content (AvgIpc) is 3.11. The Morgan fingerprint density at radius 1 is 1.08 bits per heavy atom. The number of carbonyl (C=O) groups excluding carboxylic acids is 2. The number of nitrogens with one attached hydrogen (secondary N) is 1. The monoisotopic (exact) mass is 347 g/mol. The maximum atomic E-state index is 12.8. The Bertz CT molecular complexity index is 695. The van der Waals surface area contributed by atoms with E-state index < -0.39 is 0 Å². The number of anilines is 1. The van der Waals surface area contributed by atoms with E-state index in [0.29, 0.717) is 31.9 Å². The van der Waals surface area contributed by atoms with Crippen molar-refractivity contribution in [2.24, 2.45) is 0 Å². The molecule has 1 aromatic heterocycles. The zero-order chi connectivity index (χ0) is 16.9. The maximum absolute atomic E-state index is 12.8. The number of hydrogen-bond donors (Lipinski definition) is 1. The summed E-state index contributed by atoms with van der Waals surface area (Å²) >= 11 is 1.44. The van der Waals surface area contributed by atoms with Gasteiger partial charge in [-0.3, -0.25) is 14.5 Å². The topological polar surface area (TPSA) is 52.7 Å². The number of carbonyl (C=O) groups is 2. The molecule has 3 rings (SSSR count). The lowest BCUT2D eigenvalue weighted by molar-refractivity contribution is -0.117. The number of thiophene rings is 1. The predicted molar refractivity (Wildman–Crippen MR) is 91.7 cm³/mol. The van der Waals surface area contributed by atoms with Gasteiger partial charge in [-0.15, -0.1) is 11.3 Å². The van der Waals surface area contributed by atoms with Gasteiger partial charge in [0.05, 0.1) is 11.4 Å². The van der Waals surface area contributed by atoms with Crippen molar-refractivity contribution in [1.82, 2.24) is 9.80 Å². The van der Waals surface area contributed by atoms with Crippen molar-refractivity contribution < 1.29 is 14.0 Å². The highest BCUT2D eigenvalue weighted by atomic mass is 32.1. The minimum Gasteiger partial charge on any atom is -0.335 e. The van der Waals surface area contributed by atoms with E-state index in [4.69, 9.17) is 0 Å². The molecule has 0 unspecified atom stereocenters. The highest BCUT2D eigenvalue weighted by Crippen LogP contribution is 2.14. The van der Waals surface area contributed by atoms with Gasteiger partial charge in [0.1, 0.15) is 5.82 Å². The Morgan fingerprint density at radius 2 is 1.79 bits per heavy atom. The molecule has 5 nitrogen and oxygen atoms in total. The Labute approximate surface area is 143 Å². The van der Waals surface area contributed by atoms with Gasteiger partial charge >= 0.3 is 0 Å². The Morgan fingerprint density at radius 3 is 2.42 bits per heavy atom. The van der Waals surface area contributed by atoms with Crippen molar-refractivity contribution in [3.63, 3.8) is 0 Å². The summed E-state index contributed by atoms with van der Waals surface area (Å²) in [6, 6.07) is 9.38. The molecule has 0 radical (unpaired) electrons. The van der Waals surface area contributed by atoms with E-state index in [0.717, 1.165) is 4.88 Å². The van der Waals surface area contributed by atoms with Gasteiger partial charge < -0.3 is 10.2 Å². The lowest BCUT2D eigenvalue weighted by Gasteiger charge is -2.34. The molecule has 1 saturated heterocycles. The number of hydrogen-bond acceptors (Lipinski definition) is 4. The highest BCUT2D eigenvalue weighted by Gasteiger charge is 2.23. The zero-order valence-corrected chi connectivity index (χ0v) is 13.9. The largest absolute Gasteiger partial charge is 0.335 e. The molecule has 0 bridgehead atoms. The number of benzene rings is 1. The van der Waals surface area contributed by atoms with E-state index in [-0.39, 0.29) is 24.2 Å². The lowest BCUT2D eigenvalue weighted by Crippen LogP contribution is -2.50. The molecule has 7 heteroatoms. The molecular weight excluding hydrogens is 329 g/mol. The van der Waals surface area contributed by atoms with Gasteiger partial charge in [-0.1, -0.05) is 6.07 Å². The van der Waals surface area contributed by atoms with Crippen LogP contribution in [-0.2, 0) is 4.79 Å². The van der Waals surface area contributed by atoms with Crippen molar-refractivity contribution in [2.45, 2.75) is 0 Å². The molecule has 126 valence electrons. The van der Waals surface area contributed by atoms with Crippen LogP contribution in [0.5, 0.6) is 0 Å². The summed E-state index contributed by atoms with van der Waals surface area (Å²) in [4.78, 5) is 28.9. The van der Waals surface area contributed by atoms with Crippen molar-refractivity contribution in [3.05, 3.63) is 52.5 Å². The summed E-state index contributed by atoms with van der Waals surface area (Å²) in [6.07, 6.45) is 0. The molecule has 0 aliphatic carbocycles. The van der Waals surface area contributed by atoms with Crippen LogP contribution in [0.2, 0.25) is 0 Å². The molecule has 1 aromatic carbocycles. The average molecular weight is 347 g/mol. The van der Waals surface area contributed by atoms with Crippen LogP contribution in [-0.4, -0.2) is 54.3 Å². The fourth-order valence-electron chi connectivity index (χ4n) is 2.60. The van der Waals surface area contributed by atoms with Crippen LogP contribution in [0.1, 0.15) is 9.67 Å². The third-order valence-corrected chi connectivity index (χ3v) is 4.74. The minimum absolute atomic E-state index is 0.0559. The molecule has 2 amide bonds. The third kappa shape index (κ3) is 4.18. The molecule has 0 spiro atoms. The normalized spacial score (nSPS) is 15.3. The molecule has 0 saturated carbocycles. The SMILES string of the molecule is O=C(CN1CCN(C(=O)c2cccs2)CC1)Nc1ccc(F)cc1. The maximum Gasteiger partial charge on any atom is 0.264 e. The van der Waals surface area contributed by atoms with Gasteiger partial charge in [0, 0.05) is 31.9 Å². The van der Waals surface area contributed by atoms with Gasteiger partial charge in [-0.05, 0) is 35.7 Å². The second kappa shape index (κ2) is 7.55. The standard InChI is InChI=1S/C17H18FN3O2S/c18-13-3-5-14(6-4-13)19-16(22)12-20-7-9-21(10-8-20)17(23)15-2-1-11-24-15/h1-6,11H,7-10,12H2,(H,19,22). The molecule has 24 heavy (non-hydrogen) atoms. The zero-order valence-electron chi connectivity index (χ0n) is 13.1. The van der Waals surface area contributed by atoms with Crippen LogP contribution in [0.15, 0.2) is 41.8 Å². The van der Waals surface area contributed by atoms with Gasteiger partial charge in [-0.2, -0.15) is 0 Å². The summed E-state index contributed by atoms with van der Waals surface area (Å²) < 4.78 is 12.8. The lowest BCUT2D eigenvalue weighted by atomic mass is 10.2. The van der Waals surface area contributed by atoms with Crippen LogP contribution >= 0.6 is 11.3 Å². The van der Waals surface area contributed by atoms with E-state index >= 15 is 0 Å². The van der Waals surface area contributed by atoms with E-state index in [1.165, 1.54) is 35.6 Å². The van der Waals surface area contributed by atoms with Crippen LogP contribution < -0.4 is 5.32 Å². The fourth-order valence-corrected chi connectivity index (χ4v) is 3.29. The van der Waals surface area contributed by atoms with E-state index in [1.54, 1.807) is 0 Å². The Balaban J connectivity index is 1.46. The molecule has 2 aromatic rings. The number of rotatable bonds is 4. The summed E-state index contributed by atoms with van der Waals surface area (Å²) in [6.45, 7) is 2.81. The number of amides is 2. The summed E-state index contributed by atoms with van der Waals surface area (Å²) in [5.74, 6) is -0.417. The molecule has 2 heterocycles. The minimum atomic E-state index is -0.334. The second-order valence-electron chi connectivity index (χ2n) is 5.60. The van der Waals surface area contributed by atoms with Crippen LogP contribution in [0.25, 0.3) is 0 Å². The van der Waals surface area contributed by atoms with Crippen molar-refractivity contribution in [1.29, 1.82) is 0 Å². The molecule has 1 aliphatic rings. The summed E-state index contributed by atoms with van der Waals surface area (Å²) in [5, 5.41) is 4.64. The highest BCUT2D eigenvalue weighted by molar-refractivity contribution is 7.12. The van der Waals surface area contributed by atoms with Crippen molar-refractivity contribution in [2.75, 3.05) is 38.0 Å². The summed E-state index contributed by atoms with van der Waals surface area (Å²) in [7, 11) is 0. The first-order valence-corrected chi connectivity index (χ1v) is 8.60. The van der Waals surface area contributed by atoms with E-state index in [9.17, 15) is 14.0 Å². The molecule has 1 aliphatic heterocycles. The van der Waals surface area contributed by atoms with Gasteiger partial charge in [0.15, 0.2) is 0 Å². The van der Waals surface area contributed by atoms with Crippen molar-refractivity contribution >= 4 is 28.8 Å². The fraction of sp³-hybridized carbons (Fsp3) is 0.294. The number of nitrogens with zero attached hydrogens (tertiary/aromatic N) is 2. The smallest absolute Gasteiger partial charge is 0.264 e. The first-order chi connectivity index (χ1) is 11.6. The van der Waals surface area contributed by atoms with Gasteiger partial charge in [-0.25, -0.2) is 4.39 Å². The first-order valence-electron chi connectivity index (χ1n) is 7.72. The molecular formula is C17H18FN3O2S. The van der Waals surface area contributed by atoms with Crippen LogP contribution in [0, 0.1) is 5.82 Å². The van der Waals surface area contributed by atoms with Gasteiger partial charge in [0.25, 0.3) is 5.91 Å². The second-order valence-corrected chi connectivity index (χ2v) is 6.55. The molecule has 1 N–H and O–H groups in total. The first kappa shape index (κ1) is 16.6. The molecule has 1 fully saturated rings. The Kier molecular flexibility index (Phi) is 5.22. The van der Waals surface area contributed by atoms with Gasteiger partial charge in [0.2, 0.25) is 5.91 Å². The van der Waals surface area contributed by atoms with E-state index in [2.05, 4.69) is 5.32 Å². The van der Waals surface area contributed by atoms with Crippen LogP contribution in [0.3, 0.4) is 0 Å². The Hall–Kier alpha value is -2.25. The predicted octanol–water partition coefficient (Wildman–Crippen LogP) is 2.28. The third-order valence-electron chi connectivity index (χ3n) is 3.89. The van der Waals surface area contributed by atoms with Crippen molar-refractivity contribution in [3.8, 4) is 0 Å². The number of halogens is 1.